The predicted molar refractivity (Wildman–Crippen MR) is 80.3 cm³/mol. The molecule has 21 heavy (non-hydrogen) atoms. The van der Waals surface area contributed by atoms with Crippen molar-refractivity contribution in [1.29, 1.82) is 0 Å². The molecule has 4 heteroatoms. The van der Waals surface area contributed by atoms with E-state index in [0.29, 0.717) is 12.4 Å². The lowest BCUT2D eigenvalue weighted by molar-refractivity contribution is 0.288. The molecule has 1 heterocycles. The Hall–Kier alpha value is -1.68. The summed E-state index contributed by atoms with van der Waals surface area (Å²) in [5.74, 6) is 4.11. The van der Waals surface area contributed by atoms with Crippen LogP contribution in [0.2, 0.25) is 0 Å². The minimum atomic E-state index is 0.558. The number of benzene rings is 1. The van der Waals surface area contributed by atoms with Crippen molar-refractivity contribution in [2.45, 2.75) is 38.6 Å². The first-order valence-electron chi connectivity index (χ1n) is 7.94. The van der Waals surface area contributed by atoms with Crippen LogP contribution >= 0.6 is 0 Å². The maximum absolute atomic E-state index is 5.61. The molecule has 2 N–H and O–H groups in total. The van der Waals surface area contributed by atoms with Crippen molar-refractivity contribution < 1.29 is 4.52 Å². The first kappa shape index (κ1) is 13.0. The van der Waals surface area contributed by atoms with Gasteiger partial charge in [-0.1, -0.05) is 35.8 Å². The van der Waals surface area contributed by atoms with Gasteiger partial charge in [0.05, 0.1) is 0 Å². The lowest BCUT2D eigenvalue weighted by atomic mass is 9.86. The van der Waals surface area contributed by atoms with Gasteiger partial charge in [-0.3, -0.25) is 0 Å². The normalized spacial score (nSPS) is 27.4. The summed E-state index contributed by atoms with van der Waals surface area (Å²) in [6, 6.07) is 8.05. The molecule has 2 fully saturated rings. The highest BCUT2D eigenvalue weighted by molar-refractivity contribution is 5.54. The van der Waals surface area contributed by atoms with Crippen LogP contribution in [0.15, 0.2) is 28.8 Å². The minimum absolute atomic E-state index is 0.558. The van der Waals surface area contributed by atoms with Crippen LogP contribution in [0.5, 0.6) is 0 Å². The number of hydrogen-bond donors (Lipinski definition) is 1. The maximum Gasteiger partial charge on any atom is 0.227 e. The van der Waals surface area contributed by atoms with Crippen LogP contribution in [0.25, 0.3) is 11.4 Å². The fraction of sp³-hybridized carbons (Fsp3) is 0.529. The van der Waals surface area contributed by atoms with Crippen LogP contribution in [-0.2, 0) is 13.0 Å². The molecule has 2 saturated carbocycles. The van der Waals surface area contributed by atoms with E-state index in [0.717, 1.165) is 41.2 Å². The average molecular weight is 283 g/mol. The number of fused-ring (bicyclic) bond motifs is 2. The van der Waals surface area contributed by atoms with Crippen LogP contribution in [-0.4, -0.2) is 10.1 Å². The van der Waals surface area contributed by atoms with E-state index in [-0.39, 0.29) is 0 Å². The second kappa shape index (κ2) is 5.26. The number of aromatic nitrogens is 2. The van der Waals surface area contributed by atoms with E-state index in [1.165, 1.54) is 25.7 Å². The third-order valence-corrected chi connectivity index (χ3v) is 5.24. The summed E-state index contributed by atoms with van der Waals surface area (Å²) in [6.07, 6.45) is 6.56. The van der Waals surface area contributed by atoms with Crippen molar-refractivity contribution in [2.75, 3.05) is 0 Å². The van der Waals surface area contributed by atoms with Gasteiger partial charge in [0.25, 0.3) is 0 Å². The Bertz CT molecular complexity index is 619. The Morgan fingerprint density at radius 1 is 1.14 bits per heavy atom. The van der Waals surface area contributed by atoms with Crippen molar-refractivity contribution in [3.63, 3.8) is 0 Å². The molecule has 0 saturated heterocycles. The van der Waals surface area contributed by atoms with E-state index < -0.39 is 0 Å². The molecule has 3 atom stereocenters. The quantitative estimate of drug-likeness (QED) is 0.936. The number of nitrogens with zero attached hydrogens (tertiary/aromatic N) is 2. The van der Waals surface area contributed by atoms with E-state index >= 15 is 0 Å². The monoisotopic (exact) mass is 283 g/mol. The molecule has 3 unspecified atom stereocenters. The van der Waals surface area contributed by atoms with Gasteiger partial charge < -0.3 is 10.3 Å². The lowest BCUT2D eigenvalue weighted by Crippen LogP contribution is -2.13. The molecular formula is C17H21N3O. The van der Waals surface area contributed by atoms with Crippen molar-refractivity contribution >= 4 is 0 Å². The number of hydrogen-bond acceptors (Lipinski definition) is 4. The van der Waals surface area contributed by atoms with Crippen molar-refractivity contribution in [3.05, 3.63) is 35.7 Å². The first-order chi connectivity index (χ1) is 10.3. The third-order valence-electron chi connectivity index (χ3n) is 5.24. The largest absolute Gasteiger partial charge is 0.339 e. The van der Waals surface area contributed by atoms with Crippen LogP contribution in [0.3, 0.4) is 0 Å². The molecule has 1 aromatic heterocycles. The van der Waals surface area contributed by atoms with Crippen LogP contribution in [0, 0.1) is 17.8 Å². The Balaban J connectivity index is 1.47. The van der Waals surface area contributed by atoms with Crippen molar-refractivity contribution in [1.82, 2.24) is 10.1 Å². The SMILES string of the molecule is NCc1ccc(-c2noc(CC3CC4CCC3C4)n2)cc1. The van der Waals surface area contributed by atoms with Gasteiger partial charge in [-0.15, -0.1) is 0 Å². The van der Waals surface area contributed by atoms with Gasteiger partial charge in [0.15, 0.2) is 0 Å². The summed E-state index contributed by atoms with van der Waals surface area (Å²) >= 11 is 0. The van der Waals surface area contributed by atoms with Gasteiger partial charge in [-0.2, -0.15) is 4.98 Å². The van der Waals surface area contributed by atoms with E-state index in [1.807, 2.05) is 24.3 Å². The van der Waals surface area contributed by atoms with Gasteiger partial charge in [-0.25, -0.2) is 0 Å². The first-order valence-corrected chi connectivity index (χ1v) is 7.94. The van der Waals surface area contributed by atoms with E-state index in [1.54, 1.807) is 0 Å². The van der Waals surface area contributed by atoms with E-state index in [9.17, 15) is 0 Å². The molecule has 1 aromatic carbocycles. The van der Waals surface area contributed by atoms with Gasteiger partial charge >= 0.3 is 0 Å². The zero-order valence-corrected chi connectivity index (χ0v) is 12.2. The Morgan fingerprint density at radius 2 is 2.00 bits per heavy atom. The molecule has 0 aliphatic heterocycles. The van der Waals surface area contributed by atoms with E-state index in [2.05, 4.69) is 10.1 Å². The third kappa shape index (κ3) is 2.48. The molecular weight excluding hydrogens is 262 g/mol. The fourth-order valence-corrected chi connectivity index (χ4v) is 4.10. The molecule has 4 rings (SSSR count). The molecule has 2 aromatic rings. The molecule has 0 amide bonds. The molecule has 2 aliphatic rings. The second-order valence-electron chi connectivity index (χ2n) is 6.55. The topological polar surface area (TPSA) is 64.9 Å². The van der Waals surface area contributed by atoms with Crippen LogP contribution < -0.4 is 5.73 Å². The Labute approximate surface area is 124 Å². The molecule has 2 aliphatic carbocycles. The molecule has 110 valence electrons. The molecule has 0 radical (unpaired) electrons. The average Bonchev–Trinajstić information content (AvgIpc) is 3.24. The summed E-state index contributed by atoms with van der Waals surface area (Å²) < 4.78 is 5.46. The Morgan fingerprint density at radius 3 is 2.67 bits per heavy atom. The lowest BCUT2D eigenvalue weighted by Gasteiger charge is -2.19. The van der Waals surface area contributed by atoms with Crippen LogP contribution in [0.1, 0.15) is 37.1 Å². The predicted octanol–water partition coefficient (Wildman–Crippen LogP) is 3.17. The standard InChI is InChI=1S/C17H21N3O/c18-10-11-1-4-13(5-2-11)17-19-16(21-20-17)9-15-8-12-3-6-14(15)7-12/h1-2,4-5,12,14-15H,3,6-10,18H2. The fourth-order valence-electron chi connectivity index (χ4n) is 4.10. The molecule has 4 nitrogen and oxygen atoms in total. The summed E-state index contributed by atoms with van der Waals surface area (Å²) in [5.41, 5.74) is 7.72. The van der Waals surface area contributed by atoms with Gasteiger partial charge in [0, 0.05) is 18.5 Å². The summed E-state index contributed by atoms with van der Waals surface area (Å²) in [4.78, 5) is 4.57. The molecule has 2 bridgehead atoms. The summed E-state index contributed by atoms with van der Waals surface area (Å²) in [7, 11) is 0. The Kier molecular flexibility index (Phi) is 3.26. The zero-order valence-electron chi connectivity index (χ0n) is 12.2. The zero-order chi connectivity index (χ0) is 14.2. The van der Waals surface area contributed by atoms with Gasteiger partial charge in [0.2, 0.25) is 11.7 Å². The van der Waals surface area contributed by atoms with Gasteiger partial charge in [-0.05, 0) is 42.6 Å². The highest BCUT2D eigenvalue weighted by Crippen LogP contribution is 2.49. The van der Waals surface area contributed by atoms with Crippen LogP contribution in [0.4, 0.5) is 0 Å². The molecule has 0 spiro atoms. The maximum atomic E-state index is 5.61. The highest BCUT2D eigenvalue weighted by Gasteiger charge is 2.40. The van der Waals surface area contributed by atoms with Crippen molar-refractivity contribution in [3.8, 4) is 11.4 Å². The van der Waals surface area contributed by atoms with E-state index in [4.69, 9.17) is 10.3 Å². The summed E-state index contributed by atoms with van der Waals surface area (Å²) in [5, 5.41) is 4.13. The number of rotatable bonds is 4. The smallest absolute Gasteiger partial charge is 0.227 e. The van der Waals surface area contributed by atoms with Gasteiger partial charge in [0.1, 0.15) is 0 Å². The second-order valence-corrected chi connectivity index (χ2v) is 6.55. The minimum Gasteiger partial charge on any atom is -0.339 e. The summed E-state index contributed by atoms with van der Waals surface area (Å²) in [6.45, 7) is 0.558. The van der Waals surface area contributed by atoms with Crippen molar-refractivity contribution in [2.24, 2.45) is 23.5 Å². The highest BCUT2D eigenvalue weighted by atomic mass is 16.5. The number of nitrogens with two attached hydrogens (primary N) is 1.